The van der Waals surface area contributed by atoms with Crippen LogP contribution < -0.4 is 16.0 Å². The molecule has 208 valence electrons. The third-order valence-electron chi connectivity index (χ3n) is 5.50. The molecule has 4 aromatic rings. The smallest absolute Gasteiger partial charge is 0.335 e. The fraction of sp³-hybridized carbons (Fsp3) is 0.115. The van der Waals surface area contributed by atoms with Crippen LogP contribution in [0.25, 0.3) is 11.8 Å². The summed E-state index contributed by atoms with van der Waals surface area (Å²) in [5.41, 5.74) is 1.88. The number of nitrogens with zero attached hydrogens (tertiary/aromatic N) is 6. The lowest BCUT2D eigenvalue weighted by Crippen LogP contribution is -2.46. The van der Waals surface area contributed by atoms with Gasteiger partial charge in [-0.05, 0) is 59.0 Å². The van der Waals surface area contributed by atoms with E-state index >= 15 is 0 Å². The number of carboxylic acid groups (broad SMARTS) is 1. The van der Waals surface area contributed by atoms with Crippen LogP contribution >= 0.6 is 11.6 Å². The Hall–Kier alpha value is -5.50. The van der Waals surface area contributed by atoms with Gasteiger partial charge in [-0.3, -0.25) is 24.4 Å². The Balaban J connectivity index is 1.48. The SMILES string of the molecule is O=C(C=Cc1cc(Cl)ccc1-n1cnnn1)NC(CC(=O)NCc1cnccn1)C(=O)Nc1ccc(C(=O)O)cc1. The highest BCUT2D eigenvalue weighted by Gasteiger charge is 2.24. The maximum Gasteiger partial charge on any atom is 0.335 e. The Bertz CT molecular complexity index is 1560. The monoisotopic (exact) mass is 575 g/mol. The first kappa shape index (κ1) is 28.5. The molecule has 0 radical (unpaired) electrons. The lowest BCUT2D eigenvalue weighted by Gasteiger charge is -2.18. The van der Waals surface area contributed by atoms with Crippen molar-refractivity contribution in [3.63, 3.8) is 0 Å². The van der Waals surface area contributed by atoms with Crippen molar-refractivity contribution in [3.05, 3.63) is 95.3 Å². The lowest BCUT2D eigenvalue weighted by molar-refractivity contribution is -0.128. The zero-order valence-corrected chi connectivity index (χ0v) is 21.9. The van der Waals surface area contributed by atoms with E-state index in [1.165, 1.54) is 66.0 Å². The van der Waals surface area contributed by atoms with Crippen LogP contribution in [-0.2, 0) is 20.9 Å². The standard InChI is InChI=1S/C26H22ClN9O5/c27-18-4-7-22(36-15-31-34-35-36)17(11-18)3-8-23(37)33-21(12-24(38)30-14-20-13-28-9-10-29-20)25(39)32-19-5-1-16(2-6-19)26(40)41/h1-11,13,15,21H,12,14H2,(H,30,38)(H,32,39)(H,33,37)(H,40,41). The van der Waals surface area contributed by atoms with Gasteiger partial charge >= 0.3 is 5.97 Å². The quantitative estimate of drug-likeness (QED) is 0.191. The highest BCUT2D eigenvalue weighted by Crippen LogP contribution is 2.20. The molecule has 3 amide bonds. The normalized spacial score (nSPS) is 11.5. The number of aromatic nitrogens is 6. The minimum absolute atomic E-state index is 0.0310. The van der Waals surface area contributed by atoms with Crippen molar-refractivity contribution < 1.29 is 24.3 Å². The molecule has 0 bridgehead atoms. The van der Waals surface area contributed by atoms with Gasteiger partial charge in [0, 0.05) is 34.7 Å². The Kier molecular flexibility index (Phi) is 9.41. The van der Waals surface area contributed by atoms with Crippen LogP contribution in [0.3, 0.4) is 0 Å². The molecule has 0 aliphatic heterocycles. The van der Waals surface area contributed by atoms with Gasteiger partial charge < -0.3 is 21.1 Å². The molecule has 0 saturated carbocycles. The van der Waals surface area contributed by atoms with Gasteiger partial charge in [0.2, 0.25) is 17.7 Å². The second-order valence-electron chi connectivity index (χ2n) is 8.40. The van der Waals surface area contributed by atoms with Gasteiger partial charge in [0.15, 0.2) is 0 Å². The minimum atomic E-state index is -1.29. The van der Waals surface area contributed by atoms with Gasteiger partial charge in [-0.25, -0.2) is 4.79 Å². The lowest BCUT2D eigenvalue weighted by atomic mass is 10.1. The van der Waals surface area contributed by atoms with E-state index in [9.17, 15) is 19.2 Å². The molecule has 4 N–H and O–H groups in total. The van der Waals surface area contributed by atoms with Gasteiger partial charge in [-0.15, -0.1) is 5.10 Å². The first-order valence-corrected chi connectivity index (χ1v) is 12.3. The summed E-state index contributed by atoms with van der Waals surface area (Å²) in [5.74, 6) is -3.02. The summed E-state index contributed by atoms with van der Waals surface area (Å²) in [6.45, 7) is 0.0696. The van der Waals surface area contributed by atoms with Crippen LogP contribution in [0.2, 0.25) is 5.02 Å². The van der Waals surface area contributed by atoms with Crippen molar-refractivity contribution in [2.45, 2.75) is 19.0 Å². The number of rotatable bonds is 11. The van der Waals surface area contributed by atoms with Crippen LogP contribution in [0.4, 0.5) is 5.69 Å². The van der Waals surface area contributed by atoms with E-state index in [2.05, 4.69) is 41.4 Å². The van der Waals surface area contributed by atoms with Crippen LogP contribution in [0.1, 0.15) is 28.0 Å². The summed E-state index contributed by atoms with van der Waals surface area (Å²) in [6, 6.07) is 9.05. The Labute approximate surface area is 237 Å². The van der Waals surface area contributed by atoms with Crippen molar-refractivity contribution in [1.29, 1.82) is 0 Å². The second-order valence-corrected chi connectivity index (χ2v) is 8.84. The molecule has 0 fully saturated rings. The van der Waals surface area contributed by atoms with Crippen molar-refractivity contribution in [3.8, 4) is 5.69 Å². The van der Waals surface area contributed by atoms with Crippen LogP contribution in [-0.4, -0.2) is 65.0 Å². The van der Waals surface area contributed by atoms with Crippen molar-refractivity contribution in [1.82, 2.24) is 40.8 Å². The number of tetrazole rings is 1. The number of halogens is 1. The molecule has 2 aromatic heterocycles. The molecule has 0 saturated heterocycles. The summed E-state index contributed by atoms with van der Waals surface area (Å²) in [4.78, 5) is 57.7. The summed E-state index contributed by atoms with van der Waals surface area (Å²) in [7, 11) is 0. The first-order valence-electron chi connectivity index (χ1n) is 12.0. The van der Waals surface area contributed by atoms with E-state index in [0.717, 1.165) is 0 Å². The van der Waals surface area contributed by atoms with Crippen molar-refractivity contribution >= 4 is 47.1 Å². The number of carbonyl (C=O) groups is 4. The number of hydrogen-bond donors (Lipinski definition) is 4. The van der Waals surface area contributed by atoms with E-state index in [1.807, 2.05) is 0 Å². The number of nitrogens with one attached hydrogen (secondary N) is 3. The van der Waals surface area contributed by atoms with Gasteiger partial charge in [0.1, 0.15) is 12.4 Å². The topological polar surface area (TPSA) is 194 Å². The number of amides is 3. The number of carbonyl (C=O) groups excluding carboxylic acids is 3. The maximum absolute atomic E-state index is 13.1. The number of aromatic carboxylic acids is 1. The average molecular weight is 576 g/mol. The van der Waals surface area contributed by atoms with Gasteiger partial charge in [-0.2, -0.15) is 4.68 Å². The molecule has 4 rings (SSSR count). The molecular weight excluding hydrogens is 554 g/mol. The Morgan fingerprint density at radius 1 is 1.07 bits per heavy atom. The van der Waals surface area contributed by atoms with E-state index in [4.69, 9.17) is 16.7 Å². The zero-order chi connectivity index (χ0) is 29.2. The Morgan fingerprint density at radius 3 is 2.56 bits per heavy atom. The van der Waals surface area contributed by atoms with Gasteiger partial charge in [0.25, 0.3) is 0 Å². The molecule has 2 heterocycles. The van der Waals surface area contributed by atoms with Crippen molar-refractivity contribution in [2.75, 3.05) is 5.32 Å². The minimum Gasteiger partial charge on any atom is -0.478 e. The molecule has 2 aromatic carbocycles. The molecule has 1 atom stereocenters. The van der Waals surface area contributed by atoms with Crippen LogP contribution in [0.5, 0.6) is 0 Å². The largest absolute Gasteiger partial charge is 0.478 e. The van der Waals surface area contributed by atoms with Crippen LogP contribution in [0, 0.1) is 0 Å². The summed E-state index contributed by atoms with van der Waals surface area (Å²) in [6.07, 6.45) is 8.08. The molecule has 0 aliphatic carbocycles. The van der Waals surface area contributed by atoms with E-state index in [0.29, 0.717) is 22.0 Å². The maximum atomic E-state index is 13.1. The number of anilines is 1. The predicted molar refractivity (Wildman–Crippen MR) is 146 cm³/mol. The van der Waals surface area contributed by atoms with Crippen molar-refractivity contribution in [2.24, 2.45) is 0 Å². The molecule has 15 heteroatoms. The number of hydrogen-bond acceptors (Lipinski definition) is 9. The predicted octanol–water partition coefficient (Wildman–Crippen LogP) is 1.65. The summed E-state index contributed by atoms with van der Waals surface area (Å²) < 4.78 is 1.39. The third-order valence-corrected chi connectivity index (χ3v) is 5.74. The molecule has 0 aliphatic rings. The van der Waals surface area contributed by atoms with Crippen LogP contribution in [0.15, 0.2) is 73.5 Å². The Morgan fingerprint density at radius 2 is 1.88 bits per heavy atom. The molecular formula is C26H22ClN9O5. The third kappa shape index (κ3) is 8.24. The molecule has 41 heavy (non-hydrogen) atoms. The van der Waals surface area contributed by atoms with Gasteiger partial charge in [0.05, 0.1) is 36.1 Å². The second kappa shape index (κ2) is 13.5. The highest BCUT2D eigenvalue weighted by molar-refractivity contribution is 6.30. The summed E-state index contributed by atoms with van der Waals surface area (Å²) >= 11 is 6.12. The first-order chi connectivity index (χ1) is 19.8. The zero-order valence-electron chi connectivity index (χ0n) is 21.1. The fourth-order valence-electron chi connectivity index (χ4n) is 3.53. The molecule has 1 unspecified atom stereocenters. The van der Waals surface area contributed by atoms with E-state index in [-0.39, 0.29) is 17.8 Å². The molecule has 0 spiro atoms. The van der Waals surface area contributed by atoms with Gasteiger partial charge in [-0.1, -0.05) is 11.6 Å². The number of benzene rings is 2. The number of carboxylic acids is 1. The highest BCUT2D eigenvalue weighted by atomic mass is 35.5. The summed E-state index contributed by atoms with van der Waals surface area (Å²) in [5, 5.41) is 28.3. The molecule has 14 nitrogen and oxygen atoms in total. The fourth-order valence-corrected chi connectivity index (χ4v) is 3.71. The average Bonchev–Trinajstić information content (AvgIpc) is 3.50. The van der Waals surface area contributed by atoms with E-state index < -0.39 is 36.2 Å². The van der Waals surface area contributed by atoms with E-state index in [1.54, 1.807) is 18.2 Å².